The van der Waals surface area contributed by atoms with E-state index in [0.29, 0.717) is 12.1 Å². The lowest BCUT2D eigenvalue weighted by atomic mass is 10.0. The lowest BCUT2D eigenvalue weighted by Gasteiger charge is -2.31. The van der Waals surface area contributed by atoms with Gasteiger partial charge < -0.3 is 15.4 Å². The first kappa shape index (κ1) is 22.9. The molecule has 2 fully saturated rings. The molecule has 4 rings (SSSR count). The molecule has 2 saturated heterocycles. The van der Waals surface area contributed by atoms with E-state index in [-0.39, 0.29) is 30.8 Å². The average molecular weight is 451 g/mol. The third-order valence-electron chi connectivity index (χ3n) is 5.99. The molecule has 0 unspecified atom stereocenters. The molecule has 2 aliphatic heterocycles. The maximum absolute atomic E-state index is 12.7. The van der Waals surface area contributed by atoms with Gasteiger partial charge in [-0.1, -0.05) is 42.5 Å². The predicted octanol–water partition coefficient (Wildman–Crippen LogP) is 2.32. The van der Waals surface area contributed by atoms with Gasteiger partial charge in [-0.25, -0.2) is 4.79 Å². The Kier molecular flexibility index (Phi) is 7.70. The number of morpholine rings is 1. The summed E-state index contributed by atoms with van der Waals surface area (Å²) in [6, 6.07) is 15.8. The van der Waals surface area contributed by atoms with E-state index >= 15 is 0 Å². The van der Waals surface area contributed by atoms with Crippen LogP contribution >= 0.6 is 0 Å². The Labute approximate surface area is 193 Å². The highest BCUT2D eigenvalue weighted by atomic mass is 16.5. The van der Waals surface area contributed by atoms with Gasteiger partial charge in [-0.15, -0.1) is 0 Å². The number of hydrogen-bond acceptors (Lipinski definition) is 5. The fourth-order valence-electron chi connectivity index (χ4n) is 4.15. The summed E-state index contributed by atoms with van der Waals surface area (Å²) in [4.78, 5) is 41.4. The number of urea groups is 1. The summed E-state index contributed by atoms with van der Waals surface area (Å²) in [6.45, 7) is 5.06. The average Bonchev–Trinajstić information content (AvgIpc) is 2.85. The molecule has 0 aromatic heterocycles. The molecule has 2 aromatic rings. The fourth-order valence-corrected chi connectivity index (χ4v) is 4.15. The fraction of sp³-hybridized carbons (Fsp3) is 0.400. The highest BCUT2D eigenvalue weighted by molar-refractivity contribution is 5.97. The second kappa shape index (κ2) is 11.1. The molecule has 4 amide bonds. The molecular weight excluding hydrogens is 420 g/mol. The summed E-state index contributed by atoms with van der Waals surface area (Å²) < 4.78 is 5.35. The van der Waals surface area contributed by atoms with Gasteiger partial charge in [-0.2, -0.15) is 0 Å². The first-order valence-electron chi connectivity index (χ1n) is 11.4. The maximum atomic E-state index is 12.7. The molecule has 0 saturated carbocycles. The number of ether oxygens (including phenoxy) is 1. The van der Waals surface area contributed by atoms with Crippen LogP contribution < -0.4 is 10.6 Å². The Hall–Kier alpha value is -3.23. The highest BCUT2D eigenvalue weighted by Crippen LogP contribution is 2.23. The van der Waals surface area contributed by atoms with E-state index in [2.05, 4.69) is 15.5 Å². The van der Waals surface area contributed by atoms with Crippen molar-refractivity contribution in [1.29, 1.82) is 0 Å². The highest BCUT2D eigenvalue weighted by Gasteiger charge is 2.32. The first-order chi connectivity index (χ1) is 16.1. The summed E-state index contributed by atoms with van der Waals surface area (Å²) in [7, 11) is 0. The number of imide groups is 1. The van der Waals surface area contributed by atoms with Crippen LogP contribution in [0.4, 0.5) is 4.79 Å². The SMILES string of the molecule is O=C(NCCCN1CCOCC1)c1cccc(CN2C(=O)C[C@H](c3ccccc3)NC2=O)c1. The van der Waals surface area contributed by atoms with Crippen LogP contribution in [0.5, 0.6) is 0 Å². The molecule has 1 atom stereocenters. The summed E-state index contributed by atoms with van der Waals surface area (Å²) >= 11 is 0. The second-order valence-electron chi connectivity index (χ2n) is 8.36. The van der Waals surface area contributed by atoms with Gasteiger partial charge in [-0.05, 0) is 36.2 Å². The largest absolute Gasteiger partial charge is 0.379 e. The number of carbonyl (C=O) groups excluding carboxylic acids is 3. The van der Waals surface area contributed by atoms with E-state index in [9.17, 15) is 14.4 Å². The predicted molar refractivity (Wildman–Crippen MR) is 124 cm³/mol. The lowest BCUT2D eigenvalue weighted by Crippen LogP contribution is -2.50. The van der Waals surface area contributed by atoms with E-state index in [4.69, 9.17) is 4.74 Å². The molecule has 8 nitrogen and oxygen atoms in total. The van der Waals surface area contributed by atoms with Gasteiger partial charge in [0, 0.05) is 25.2 Å². The van der Waals surface area contributed by atoms with Gasteiger partial charge in [0.05, 0.1) is 32.2 Å². The van der Waals surface area contributed by atoms with Crippen LogP contribution in [0, 0.1) is 0 Å². The summed E-state index contributed by atoms with van der Waals surface area (Å²) in [5.74, 6) is -0.386. The monoisotopic (exact) mass is 450 g/mol. The van der Waals surface area contributed by atoms with Crippen LogP contribution in [-0.2, 0) is 16.1 Å². The van der Waals surface area contributed by atoms with E-state index in [1.807, 2.05) is 36.4 Å². The van der Waals surface area contributed by atoms with Crippen molar-refractivity contribution in [1.82, 2.24) is 20.4 Å². The Morgan fingerprint density at radius 3 is 2.61 bits per heavy atom. The standard InChI is InChI=1S/C25H30N4O4/c30-23-17-22(20-7-2-1-3-8-20)27-25(32)29(23)18-19-6-4-9-21(16-19)24(31)26-10-5-11-28-12-14-33-15-13-28/h1-4,6-9,16,22H,5,10-15,17-18H2,(H,26,31)(H,27,32)/t22-/m1/s1. The molecule has 0 radical (unpaired) electrons. The minimum atomic E-state index is -0.418. The molecule has 8 heteroatoms. The van der Waals surface area contributed by atoms with Gasteiger partial charge in [0.2, 0.25) is 5.91 Å². The molecule has 0 aliphatic carbocycles. The Morgan fingerprint density at radius 2 is 1.85 bits per heavy atom. The van der Waals surface area contributed by atoms with Crippen LogP contribution in [-0.4, -0.2) is 67.0 Å². The van der Waals surface area contributed by atoms with Crippen LogP contribution in [0.15, 0.2) is 54.6 Å². The van der Waals surface area contributed by atoms with Crippen molar-refractivity contribution in [3.05, 3.63) is 71.3 Å². The number of rotatable bonds is 8. The van der Waals surface area contributed by atoms with Crippen molar-refractivity contribution in [2.45, 2.75) is 25.4 Å². The van der Waals surface area contributed by atoms with Crippen molar-refractivity contribution in [2.24, 2.45) is 0 Å². The molecule has 2 aromatic carbocycles. The molecular formula is C25H30N4O4. The van der Waals surface area contributed by atoms with Gasteiger partial charge in [0.1, 0.15) is 0 Å². The number of nitrogens with one attached hydrogen (secondary N) is 2. The molecule has 0 spiro atoms. The zero-order valence-electron chi connectivity index (χ0n) is 18.7. The molecule has 2 heterocycles. The van der Waals surface area contributed by atoms with Crippen molar-refractivity contribution in [2.75, 3.05) is 39.4 Å². The number of hydrogen-bond donors (Lipinski definition) is 2. The Morgan fingerprint density at radius 1 is 1.06 bits per heavy atom. The zero-order chi connectivity index (χ0) is 23.0. The van der Waals surface area contributed by atoms with Crippen molar-refractivity contribution >= 4 is 17.8 Å². The number of amides is 4. The Bertz CT molecular complexity index is 957. The van der Waals surface area contributed by atoms with Crippen molar-refractivity contribution in [3.8, 4) is 0 Å². The van der Waals surface area contributed by atoms with Crippen LogP contribution in [0.2, 0.25) is 0 Å². The molecule has 174 valence electrons. The van der Waals surface area contributed by atoms with E-state index < -0.39 is 6.03 Å². The second-order valence-corrected chi connectivity index (χ2v) is 8.36. The van der Waals surface area contributed by atoms with Gasteiger partial charge in [0.15, 0.2) is 0 Å². The molecule has 2 aliphatic rings. The van der Waals surface area contributed by atoms with E-state index in [0.717, 1.165) is 50.4 Å². The Balaban J connectivity index is 1.29. The number of carbonyl (C=O) groups is 3. The van der Waals surface area contributed by atoms with E-state index in [1.54, 1.807) is 18.2 Å². The number of nitrogens with zero attached hydrogens (tertiary/aromatic N) is 2. The van der Waals surface area contributed by atoms with Gasteiger partial charge >= 0.3 is 6.03 Å². The van der Waals surface area contributed by atoms with Gasteiger partial charge in [-0.3, -0.25) is 19.4 Å². The quantitative estimate of drug-likeness (QED) is 0.603. The minimum absolute atomic E-state index is 0.129. The van der Waals surface area contributed by atoms with Gasteiger partial charge in [0.25, 0.3) is 5.91 Å². The van der Waals surface area contributed by atoms with E-state index in [1.165, 1.54) is 4.90 Å². The summed E-state index contributed by atoms with van der Waals surface area (Å²) in [6.07, 6.45) is 1.08. The van der Waals surface area contributed by atoms with Crippen molar-refractivity contribution in [3.63, 3.8) is 0 Å². The van der Waals surface area contributed by atoms with Crippen LogP contribution in [0.1, 0.15) is 40.4 Å². The number of benzene rings is 2. The minimum Gasteiger partial charge on any atom is -0.379 e. The third-order valence-corrected chi connectivity index (χ3v) is 5.99. The molecule has 2 N–H and O–H groups in total. The summed E-state index contributed by atoms with van der Waals surface area (Å²) in [5, 5.41) is 5.86. The normalized spacial score (nSPS) is 19.3. The smallest absolute Gasteiger partial charge is 0.324 e. The van der Waals surface area contributed by atoms with Crippen molar-refractivity contribution < 1.29 is 19.1 Å². The molecule has 0 bridgehead atoms. The first-order valence-corrected chi connectivity index (χ1v) is 11.4. The van der Waals surface area contributed by atoms with Crippen LogP contribution in [0.25, 0.3) is 0 Å². The summed E-state index contributed by atoms with van der Waals surface area (Å²) in [5.41, 5.74) is 2.16. The van der Waals surface area contributed by atoms with Crippen LogP contribution in [0.3, 0.4) is 0 Å². The maximum Gasteiger partial charge on any atom is 0.324 e. The lowest BCUT2D eigenvalue weighted by molar-refractivity contribution is -0.130. The topological polar surface area (TPSA) is 91.0 Å². The zero-order valence-corrected chi connectivity index (χ0v) is 18.7. The third kappa shape index (κ3) is 6.18. The molecule has 33 heavy (non-hydrogen) atoms.